The second-order valence-electron chi connectivity index (χ2n) is 4.45. The molecule has 2 atom stereocenters. The van der Waals surface area contributed by atoms with Gasteiger partial charge in [0.05, 0.1) is 19.3 Å². The molecule has 0 saturated carbocycles. The summed E-state index contributed by atoms with van der Waals surface area (Å²) in [6, 6.07) is 0.434. The molecule has 1 saturated heterocycles. The van der Waals surface area contributed by atoms with E-state index in [2.05, 4.69) is 48.0 Å². The molecule has 1 fully saturated rings. The third-order valence-electron chi connectivity index (χ3n) is 3.40. The minimum Gasteiger partial charge on any atom is -0.379 e. The third-order valence-corrected chi connectivity index (χ3v) is 4.27. The van der Waals surface area contributed by atoms with Gasteiger partial charge < -0.3 is 4.74 Å². The Bertz CT molecular complexity index is 375. The fourth-order valence-corrected chi connectivity index (χ4v) is 3.36. The SMILES string of the molecule is CCc1c(I)nn([C@H]2COC[C@H]2C)c1CC. The number of rotatable bonds is 3. The normalized spacial score (nSPS) is 25.2. The van der Waals surface area contributed by atoms with Gasteiger partial charge in [0.15, 0.2) is 0 Å². The highest BCUT2D eigenvalue weighted by Gasteiger charge is 2.29. The highest BCUT2D eigenvalue weighted by Crippen LogP contribution is 2.29. The van der Waals surface area contributed by atoms with Crippen LogP contribution in [-0.2, 0) is 17.6 Å². The first-order chi connectivity index (χ1) is 7.69. The standard InChI is InChI=1S/C12H19IN2O/c1-4-9-10(5-2)15(14-12(9)13)11-7-16-6-8(11)3/h8,11H,4-7H2,1-3H3/t8-,11+/m1/s1. The fraction of sp³-hybridized carbons (Fsp3) is 0.750. The molecule has 1 aliphatic rings. The van der Waals surface area contributed by atoms with Crippen LogP contribution in [0.25, 0.3) is 0 Å². The Morgan fingerprint density at radius 1 is 1.38 bits per heavy atom. The van der Waals surface area contributed by atoms with Crippen LogP contribution in [0.4, 0.5) is 0 Å². The van der Waals surface area contributed by atoms with E-state index in [0.29, 0.717) is 12.0 Å². The summed E-state index contributed by atoms with van der Waals surface area (Å²) in [5, 5.41) is 4.71. The molecule has 1 aromatic heterocycles. The number of ether oxygens (including phenoxy) is 1. The van der Waals surface area contributed by atoms with Crippen molar-refractivity contribution in [1.29, 1.82) is 0 Å². The van der Waals surface area contributed by atoms with E-state index in [-0.39, 0.29) is 0 Å². The lowest BCUT2D eigenvalue weighted by molar-refractivity contribution is 0.180. The van der Waals surface area contributed by atoms with Gasteiger partial charge in [0.2, 0.25) is 0 Å². The van der Waals surface area contributed by atoms with Crippen LogP contribution in [0.15, 0.2) is 0 Å². The van der Waals surface area contributed by atoms with E-state index in [0.717, 1.165) is 29.8 Å². The summed E-state index contributed by atoms with van der Waals surface area (Å²) >= 11 is 2.35. The molecule has 2 heterocycles. The largest absolute Gasteiger partial charge is 0.379 e. The topological polar surface area (TPSA) is 27.1 Å². The zero-order valence-electron chi connectivity index (χ0n) is 10.2. The maximum atomic E-state index is 5.54. The Balaban J connectivity index is 2.40. The molecule has 0 unspecified atom stereocenters. The Morgan fingerprint density at radius 3 is 2.62 bits per heavy atom. The number of nitrogens with zero attached hydrogens (tertiary/aromatic N) is 2. The van der Waals surface area contributed by atoms with Crippen LogP contribution in [0.2, 0.25) is 0 Å². The minimum atomic E-state index is 0.434. The van der Waals surface area contributed by atoms with Gasteiger partial charge in [0.1, 0.15) is 3.70 Å². The molecule has 0 amide bonds. The van der Waals surface area contributed by atoms with Gasteiger partial charge in [-0.1, -0.05) is 20.8 Å². The molecule has 0 radical (unpaired) electrons. The lowest BCUT2D eigenvalue weighted by Gasteiger charge is -2.17. The average molecular weight is 334 g/mol. The fourth-order valence-electron chi connectivity index (χ4n) is 2.43. The predicted molar refractivity (Wildman–Crippen MR) is 72.7 cm³/mol. The van der Waals surface area contributed by atoms with Gasteiger partial charge in [0.25, 0.3) is 0 Å². The van der Waals surface area contributed by atoms with E-state index in [1.165, 1.54) is 11.3 Å². The number of hydrogen-bond acceptors (Lipinski definition) is 2. The van der Waals surface area contributed by atoms with E-state index in [9.17, 15) is 0 Å². The number of hydrogen-bond donors (Lipinski definition) is 0. The first kappa shape index (κ1) is 12.4. The molecule has 4 heteroatoms. The van der Waals surface area contributed by atoms with Crippen molar-refractivity contribution in [3.05, 3.63) is 15.0 Å². The summed E-state index contributed by atoms with van der Waals surface area (Å²) in [5.74, 6) is 0.575. The highest BCUT2D eigenvalue weighted by molar-refractivity contribution is 14.1. The second kappa shape index (κ2) is 5.04. The number of aromatic nitrogens is 2. The summed E-state index contributed by atoms with van der Waals surface area (Å²) in [5.41, 5.74) is 2.82. The molecule has 16 heavy (non-hydrogen) atoms. The highest BCUT2D eigenvalue weighted by atomic mass is 127. The van der Waals surface area contributed by atoms with Crippen molar-refractivity contribution in [2.45, 2.75) is 39.7 Å². The average Bonchev–Trinajstić information content (AvgIpc) is 2.81. The van der Waals surface area contributed by atoms with E-state index >= 15 is 0 Å². The Hall–Kier alpha value is -0.100. The summed E-state index contributed by atoms with van der Waals surface area (Å²) in [6.45, 7) is 8.35. The third kappa shape index (κ3) is 2.01. The Labute approximate surface area is 111 Å². The van der Waals surface area contributed by atoms with Crippen molar-refractivity contribution in [3.8, 4) is 0 Å². The number of halogens is 1. The zero-order chi connectivity index (χ0) is 11.7. The molecule has 0 bridgehead atoms. The molecule has 3 nitrogen and oxygen atoms in total. The Kier molecular flexibility index (Phi) is 3.89. The second-order valence-corrected chi connectivity index (χ2v) is 5.47. The van der Waals surface area contributed by atoms with E-state index in [1.807, 2.05) is 0 Å². The van der Waals surface area contributed by atoms with Gasteiger partial charge in [-0.2, -0.15) is 5.10 Å². The summed E-state index contributed by atoms with van der Waals surface area (Å²) in [7, 11) is 0. The van der Waals surface area contributed by atoms with Crippen molar-refractivity contribution in [2.75, 3.05) is 13.2 Å². The first-order valence-corrected chi connectivity index (χ1v) is 7.10. The summed E-state index contributed by atoms with van der Waals surface area (Å²) in [6.07, 6.45) is 2.13. The Morgan fingerprint density at radius 2 is 2.12 bits per heavy atom. The van der Waals surface area contributed by atoms with Crippen LogP contribution in [-0.4, -0.2) is 23.0 Å². The van der Waals surface area contributed by atoms with Crippen molar-refractivity contribution >= 4 is 22.6 Å². The summed E-state index contributed by atoms with van der Waals surface area (Å²) in [4.78, 5) is 0. The summed E-state index contributed by atoms with van der Waals surface area (Å²) < 4.78 is 8.93. The first-order valence-electron chi connectivity index (χ1n) is 6.02. The van der Waals surface area contributed by atoms with Gasteiger partial charge in [-0.05, 0) is 35.4 Å². The van der Waals surface area contributed by atoms with Crippen LogP contribution in [0.1, 0.15) is 38.1 Å². The molecule has 0 spiro atoms. The van der Waals surface area contributed by atoms with E-state index in [4.69, 9.17) is 9.84 Å². The van der Waals surface area contributed by atoms with Gasteiger partial charge in [0, 0.05) is 17.2 Å². The molecule has 2 rings (SSSR count). The van der Waals surface area contributed by atoms with E-state index < -0.39 is 0 Å². The lowest BCUT2D eigenvalue weighted by Crippen LogP contribution is -2.19. The monoisotopic (exact) mass is 334 g/mol. The van der Waals surface area contributed by atoms with Gasteiger partial charge in [-0.3, -0.25) is 4.68 Å². The maximum Gasteiger partial charge on any atom is 0.126 e. The molecule has 90 valence electrons. The molecule has 0 N–H and O–H groups in total. The minimum absolute atomic E-state index is 0.434. The predicted octanol–water partition coefficient (Wildman–Crippen LogP) is 2.82. The van der Waals surface area contributed by atoms with Crippen molar-refractivity contribution in [3.63, 3.8) is 0 Å². The molecule has 1 aromatic rings. The van der Waals surface area contributed by atoms with Crippen molar-refractivity contribution < 1.29 is 4.74 Å². The molecular weight excluding hydrogens is 315 g/mol. The maximum absolute atomic E-state index is 5.54. The van der Waals surface area contributed by atoms with Gasteiger partial charge in [-0.15, -0.1) is 0 Å². The van der Waals surface area contributed by atoms with Crippen LogP contribution < -0.4 is 0 Å². The zero-order valence-corrected chi connectivity index (χ0v) is 12.3. The van der Waals surface area contributed by atoms with Crippen LogP contribution in [0.5, 0.6) is 0 Å². The molecule has 1 aliphatic heterocycles. The smallest absolute Gasteiger partial charge is 0.126 e. The van der Waals surface area contributed by atoms with Crippen LogP contribution >= 0.6 is 22.6 Å². The van der Waals surface area contributed by atoms with Crippen molar-refractivity contribution in [1.82, 2.24) is 9.78 Å². The van der Waals surface area contributed by atoms with Crippen LogP contribution in [0.3, 0.4) is 0 Å². The van der Waals surface area contributed by atoms with E-state index in [1.54, 1.807) is 0 Å². The van der Waals surface area contributed by atoms with Crippen molar-refractivity contribution in [2.24, 2.45) is 5.92 Å². The molecule has 0 aromatic carbocycles. The lowest BCUT2D eigenvalue weighted by atomic mass is 10.1. The molecule has 0 aliphatic carbocycles. The molecular formula is C12H19IN2O. The van der Waals surface area contributed by atoms with Gasteiger partial charge in [-0.25, -0.2) is 0 Å². The quantitative estimate of drug-likeness (QED) is 0.795. The van der Waals surface area contributed by atoms with Gasteiger partial charge >= 0.3 is 0 Å². The van der Waals surface area contributed by atoms with Crippen LogP contribution in [0, 0.1) is 9.62 Å².